The summed E-state index contributed by atoms with van der Waals surface area (Å²) < 4.78 is 14.5. The molecule has 0 aliphatic carbocycles. The van der Waals surface area contributed by atoms with Gasteiger partial charge in [-0.2, -0.15) is 4.98 Å². The Labute approximate surface area is 124 Å². The highest BCUT2D eigenvalue weighted by atomic mass is 32.2. The lowest BCUT2D eigenvalue weighted by molar-refractivity contribution is 0.626. The number of rotatable bonds is 3. The van der Waals surface area contributed by atoms with E-state index in [2.05, 4.69) is 9.97 Å². The summed E-state index contributed by atoms with van der Waals surface area (Å²) in [5, 5.41) is 0.401. The molecule has 0 bridgehead atoms. The second-order valence-corrected chi connectivity index (χ2v) is 5.53. The summed E-state index contributed by atoms with van der Waals surface area (Å²) in [5.74, 6) is 0.239. The smallest absolute Gasteiger partial charge is 0.251 e. The van der Waals surface area contributed by atoms with Crippen LogP contribution in [0.5, 0.6) is 0 Å². The van der Waals surface area contributed by atoms with E-state index in [1.807, 2.05) is 19.1 Å². The molecular weight excluding hydrogens is 289 g/mol. The molecular formula is C15H12FN3OS. The molecule has 0 spiro atoms. The molecule has 0 fully saturated rings. The number of fused-ring (bicyclic) bond motifs is 1. The second-order valence-electron chi connectivity index (χ2n) is 4.59. The van der Waals surface area contributed by atoms with Crippen molar-refractivity contribution in [3.63, 3.8) is 0 Å². The second kappa shape index (κ2) is 5.65. The van der Waals surface area contributed by atoms with Gasteiger partial charge in [0, 0.05) is 11.9 Å². The first-order valence-electron chi connectivity index (χ1n) is 6.37. The number of hydrogen-bond donors (Lipinski definition) is 0. The number of nitrogens with zero attached hydrogens (tertiary/aromatic N) is 3. The van der Waals surface area contributed by atoms with E-state index in [4.69, 9.17) is 0 Å². The summed E-state index contributed by atoms with van der Waals surface area (Å²) >= 11 is 1.32. The lowest BCUT2D eigenvalue weighted by Crippen LogP contribution is -2.19. The molecule has 3 aromatic rings. The van der Waals surface area contributed by atoms with Crippen molar-refractivity contribution in [3.8, 4) is 0 Å². The Balaban J connectivity index is 1.91. The Bertz CT molecular complexity index is 863. The van der Waals surface area contributed by atoms with Gasteiger partial charge in [0.1, 0.15) is 11.5 Å². The average Bonchev–Trinajstić information content (AvgIpc) is 2.46. The van der Waals surface area contributed by atoms with Crippen LogP contribution in [0.15, 0.2) is 52.5 Å². The molecule has 106 valence electrons. The van der Waals surface area contributed by atoms with Gasteiger partial charge in [-0.3, -0.25) is 4.40 Å². The van der Waals surface area contributed by atoms with Gasteiger partial charge in [-0.25, -0.2) is 14.2 Å². The van der Waals surface area contributed by atoms with Crippen LogP contribution < -0.4 is 5.69 Å². The highest BCUT2D eigenvalue weighted by molar-refractivity contribution is 7.98. The molecule has 0 unspecified atom stereocenters. The van der Waals surface area contributed by atoms with E-state index in [1.165, 1.54) is 28.3 Å². The first-order valence-corrected chi connectivity index (χ1v) is 7.35. The van der Waals surface area contributed by atoms with E-state index in [1.54, 1.807) is 18.3 Å². The number of aryl methyl sites for hydroxylation is 1. The quantitative estimate of drug-likeness (QED) is 0.698. The molecule has 1 aromatic carbocycles. The normalized spacial score (nSPS) is 11.0. The van der Waals surface area contributed by atoms with Crippen LogP contribution in [0.25, 0.3) is 5.65 Å². The van der Waals surface area contributed by atoms with Gasteiger partial charge < -0.3 is 0 Å². The van der Waals surface area contributed by atoms with E-state index in [0.717, 1.165) is 11.1 Å². The molecule has 0 atom stereocenters. The predicted octanol–water partition coefficient (Wildman–Crippen LogP) is 2.83. The van der Waals surface area contributed by atoms with Gasteiger partial charge in [0.2, 0.25) is 0 Å². The predicted molar refractivity (Wildman–Crippen MR) is 80.0 cm³/mol. The van der Waals surface area contributed by atoms with Gasteiger partial charge in [-0.15, -0.1) is 0 Å². The minimum Gasteiger partial charge on any atom is -0.251 e. The fourth-order valence-electron chi connectivity index (χ4n) is 2.00. The van der Waals surface area contributed by atoms with E-state index in [9.17, 15) is 9.18 Å². The molecule has 0 saturated carbocycles. The average molecular weight is 301 g/mol. The first-order chi connectivity index (χ1) is 10.1. The number of aromatic nitrogens is 3. The Morgan fingerprint density at radius 1 is 1.24 bits per heavy atom. The van der Waals surface area contributed by atoms with E-state index in [0.29, 0.717) is 16.6 Å². The number of thioether (sulfide) groups is 1. The van der Waals surface area contributed by atoms with Crippen molar-refractivity contribution in [3.05, 3.63) is 70.0 Å². The lowest BCUT2D eigenvalue weighted by atomic mass is 10.2. The first kappa shape index (κ1) is 13.8. The molecule has 0 aliphatic rings. The Morgan fingerprint density at radius 2 is 2.10 bits per heavy atom. The highest BCUT2D eigenvalue weighted by Gasteiger charge is 2.07. The van der Waals surface area contributed by atoms with Gasteiger partial charge in [0.05, 0.1) is 0 Å². The molecule has 3 rings (SSSR count). The van der Waals surface area contributed by atoms with Crippen molar-refractivity contribution in [1.29, 1.82) is 0 Å². The monoisotopic (exact) mass is 301 g/mol. The summed E-state index contributed by atoms with van der Waals surface area (Å²) in [6.07, 6.45) is 1.64. The summed E-state index contributed by atoms with van der Waals surface area (Å²) in [7, 11) is 0. The minimum absolute atomic E-state index is 0.275. The molecule has 0 amide bonds. The van der Waals surface area contributed by atoms with Gasteiger partial charge >= 0.3 is 5.69 Å². The van der Waals surface area contributed by atoms with Crippen LogP contribution in [0.1, 0.15) is 11.1 Å². The Kier molecular flexibility index (Phi) is 3.70. The maximum absolute atomic E-state index is 13.1. The SMILES string of the molecule is Cc1cccn2c(=O)nc(SCc3cccc(F)c3)nc12. The van der Waals surface area contributed by atoms with E-state index < -0.39 is 0 Å². The fraction of sp³-hybridized carbons (Fsp3) is 0.133. The molecule has 21 heavy (non-hydrogen) atoms. The third-order valence-electron chi connectivity index (χ3n) is 3.02. The van der Waals surface area contributed by atoms with Crippen LogP contribution in [0.3, 0.4) is 0 Å². The van der Waals surface area contributed by atoms with Gasteiger partial charge in [-0.05, 0) is 36.2 Å². The Morgan fingerprint density at radius 3 is 2.90 bits per heavy atom. The molecule has 0 aliphatic heterocycles. The zero-order valence-electron chi connectivity index (χ0n) is 11.3. The molecule has 0 N–H and O–H groups in total. The van der Waals surface area contributed by atoms with Crippen molar-refractivity contribution < 1.29 is 4.39 Å². The third-order valence-corrected chi connectivity index (χ3v) is 3.94. The van der Waals surface area contributed by atoms with E-state index >= 15 is 0 Å². The van der Waals surface area contributed by atoms with E-state index in [-0.39, 0.29) is 11.5 Å². The van der Waals surface area contributed by atoms with Gasteiger partial charge in [-0.1, -0.05) is 30.0 Å². The van der Waals surface area contributed by atoms with Gasteiger partial charge in [0.25, 0.3) is 0 Å². The summed E-state index contributed by atoms with van der Waals surface area (Å²) in [6.45, 7) is 1.89. The van der Waals surface area contributed by atoms with Crippen molar-refractivity contribution in [1.82, 2.24) is 14.4 Å². The fourth-order valence-corrected chi connectivity index (χ4v) is 2.76. The van der Waals surface area contributed by atoms with Crippen LogP contribution in [-0.2, 0) is 5.75 Å². The topological polar surface area (TPSA) is 47.3 Å². The van der Waals surface area contributed by atoms with Crippen molar-refractivity contribution in [2.75, 3.05) is 0 Å². The van der Waals surface area contributed by atoms with Crippen molar-refractivity contribution in [2.45, 2.75) is 17.8 Å². The summed E-state index contributed by atoms with van der Waals surface area (Å²) in [6, 6.07) is 10.0. The number of benzene rings is 1. The zero-order valence-corrected chi connectivity index (χ0v) is 12.1. The maximum Gasteiger partial charge on any atom is 0.355 e. The molecule has 0 radical (unpaired) electrons. The van der Waals surface area contributed by atoms with Crippen LogP contribution >= 0.6 is 11.8 Å². The molecule has 2 heterocycles. The molecule has 6 heteroatoms. The van der Waals surface area contributed by atoms with Crippen LogP contribution in [0, 0.1) is 12.7 Å². The summed E-state index contributed by atoms with van der Waals surface area (Å²) in [5.41, 5.74) is 1.97. The molecule has 0 saturated heterocycles. The maximum atomic E-state index is 13.1. The third kappa shape index (κ3) is 2.95. The Hall–Kier alpha value is -2.21. The molecule has 4 nitrogen and oxygen atoms in total. The highest BCUT2D eigenvalue weighted by Crippen LogP contribution is 2.19. The molecule has 2 aromatic heterocycles. The van der Waals surface area contributed by atoms with Crippen LogP contribution in [0.2, 0.25) is 0 Å². The standard InChI is InChI=1S/C15H12FN3OS/c1-10-4-3-7-19-13(10)17-14(18-15(19)20)21-9-11-5-2-6-12(16)8-11/h2-8H,9H2,1H3. The van der Waals surface area contributed by atoms with Gasteiger partial charge in [0.15, 0.2) is 5.16 Å². The van der Waals surface area contributed by atoms with Crippen molar-refractivity contribution >= 4 is 17.4 Å². The van der Waals surface area contributed by atoms with Crippen LogP contribution in [-0.4, -0.2) is 14.4 Å². The zero-order chi connectivity index (χ0) is 14.8. The largest absolute Gasteiger partial charge is 0.355 e. The number of halogens is 1. The lowest BCUT2D eigenvalue weighted by Gasteiger charge is -2.05. The number of pyridine rings is 1. The van der Waals surface area contributed by atoms with Crippen LogP contribution in [0.4, 0.5) is 4.39 Å². The summed E-state index contributed by atoms with van der Waals surface area (Å²) in [4.78, 5) is 20.3. The van der Waals surface area contributed by atoms with Crippen molar-refractivity contribution in [2.24, 2.45) is 0 Å². The number of hydrogen-bond acceptors (Lipinski definition) is 4. The minimum atomic E-state index is -0.356.